The minimum atomic E-state index is -4.50. The normalized spacial score (nSPS) is 12.4. The lowest BCUT2D eigenvalue weighted by molar-refractivity contribution is 0.111. The van der Waals surface area contributed by atoms with Crippen LogP contribution in [0.15, 0.2) is 40.1 Å². The SMILES string of the molecule is CCCCOS(=O)(=O)c1c(C=O)cc2ccccc2c1S(=O)(=O)OCCCC. The molecule has 0 saturated carbocycles. The molecule has 0 saturated heterocycles. The van der Waals surface area contributed by atoms with Gasteiger partial charge in [-0.25, -0.2) is 0 Å². The zero-order valence-corrected chi connectivity index (χ0v) is 17.5. The van der Waals surface area contributed by atoms with Crippen molar-refractivity contribution >= 4 is 37.3 Å². The lowest BCUT2D eigenvalue weighted by Gasteiger charge is -2.16. The van der Waals surface area contributed by atoms with Crippen LogP contribution in [0.1, 0.15) is 49.9 Å². The first kappa shape index (κ1) is 22.5. The van der Waals surface area contributed by atoms with Crippen LogP contribution in [0.2, 0.25) is 0 Å². The molecule has 0 aliphatic heterocycles. The fraction of sp³-hybridized carbons (Fsp3) is 0.421. The van der Waals surface area contributed by atoms with Gasteiger partial charge in [0.25, 0.3) is 20.2 Å². The molecule has 0 amide bonds. The predicted molar refractivity (Wildman–Crippen MR) is 105 cm³/mol. The van der Waals surface area contributed by atoms with E-state index in [-0.39, 0.29) is 24.2 Å². The summed E-state index contributed by atoms with van der Waals surface area (Å²) in [5, 5.41) is 0.567. The van der Waals surface area contributed by atoms with Crippen molar-refractivity contribution in [2.45, 2.75) is 49.3 Å². The number of fused-ring (bicyclic) bond motifs is 1. The van der Waals surface area contributed by atoms with Gasteiger partial charge in [0.1, 0.15) is 9.79 Å². The Morgan fingerprint density at radius 2 is 1.39 bits per heavy atom. The number of carbonyl (C=O) groups is 1. The van der Waals surface area contributed by atoms with Crippen LogP contribution in [-0.4, -0.2) is 36.3 Å². The molecule has 154 valence electrons. The van der Waals surface area contributed by atoms with Gasteiger partial charge in [-0.15, -0.1) is 0 Å². The first-order chi connectivity index (χ1) is 13.3. The summed E-state index contributed by atoms with van der Waals surface area (Å²) in [5.41, 5.74) is -0.284. The van der Waals surface area contributed by atoms with E-state index in [0.717, 1.165) is 0 Å². The molecule has 7 nitrogen and oxygen atoms in total. The molecule has 0 atom stereocenters. The van der Waals surface area contributed by atoms with Crippen LogP contribution in [0, 0.1) is 0 Å². The van der Waals surface area contributed by atoms with Crippen LogP contribution in [-0.2, 0) is 28.6 Å². The highest BCUT2D eigenvalue weighted by Crippen LogP contribution is 2.35. The fourth-order valence-corrected chi connectivity index (χ4v) is 5.71. The van der Waals surface area contributed by atoms with Gasteiger partial charge in [0, 0.05) is 10.9 Å². The molecule has 28 heavy (non-hydrogen) atoms. The summed E-state index contributed by atoms with van der Waals surface area (Å²) in [6, 6.07) is 7.66. The molecule has 0 radical (unpaired) electrons. The van der Waals surface area contributed by atoms with Gasteiger partial charge in [0.2, 0.25) is 0 Å². The van der Waals surface area contributed by atoms with Crippen molar-refractivity contribution in [1.29, 1.82) is 0 Å². The Labute approximate surface area is 165 Å². The molecule has 9 heteroatoms. The van der Waals surface area contributed by atoms with Gasteiger partial charge in [-0.3, -0.25) is 13.2 Å². The Morgan fingerprint density at radius 3 is 1.93 bits per heavy atom. The van der Waals surface area contributed by atoms with Crippen molar-refractivity contribution in [1.82, 2.24) is 0 Å². The molecule has 0 heterocycles. The number of unbranched alkanes of at least 4 members (excludes halogenated alkanes) is 2. The van der Waals surface area contributed by atoms with Gasteiger partial charge < -0.3 is 0 Å². The molecule has 0 spiro atoms. The van der Waals surface area contributed by atoms with Crippen molar-refractivity contribution in [3.63, 3.8) is 0 Å². The van der Waals surface area contributed by atoms with Crippen LogP contribution in [0.5, 0.6) is 0 Å². The molecule has 0 fully saturated rings. The van der Waals surface area contributed by atoms with E-state index >= 15 is 0 Å². The maximum Gasteiger partial charge on any atom is 0.299 e. The van der Waals surface area contributed by atoms with E-state index in [1.165, 1.54) is 12.1 Å². The molecular formula is C19H24O7S2. The van der Waals surface area contributed by atoms with Gasteiger partial charge in [-0.05, 0) is 24.3 Å². The first-order valence-corrected chi connectivity index (χ1v) is 11.9. The second-order valence-electron chi connectivity index (χ2n) is 6.22. The third-order valence-electron chi connectivity index (χ3n) is 4.08. The number of carbonyl (C=O) groups excluding carboxylic acids is 1. The lowest BCUT2D eigenvalue weighted by Crippen LogP contribution is -2.18. The van der Waals surface area contributed by atoms with Crippen LogP contribution in [0.25, 0.3) is 10.8 Å². The van der Waals surface area contributed by atoms with Gasteiger partial charge in [-0.2, -0.15) is 16.8 Å². The van der Waals surface area contributed by atoms with Gasteiger partial charge in [-0.1, -0.05) is 51.0 Å². The largest absolute Gasteiger partial charge is 0.299 e. The summed E-state index contributed by atoms with van der Waals surface area (Å²) >= 11 is 0. The Bertz CT molecular complexity index is 1040. The van der Waals surface area contributed by atoms with E-state index in [1.807, 2.05) is 13.8 Å². The summed E-state index contributed by atoms with van der Waals surface area (Å²) in [6.45, 7) is 3.53. The minimum Gasteiger partial charge on any atom is -0.298 e. The number of hydrogen-bond donors (Lipinski definition) is 0. The maximum absolute atomic E-state index is 12.9. The van der Waals surface area contributed by atoms with E-state index in [0.29, 0.717) is 37.4 Å². The molecule has 0 bridgehead atoms. The van der Waals surface area contributed by atoms with Gasteiger partial charge in [0.15, 0.2) is 6.29 Å². The molecule has 0 unspecified atom stereocenters. The molecule has 0 aromatic heterocycles. The van der Waals surface area contributed by atoms with Crippen molar-refractivity contribution in [3.05, 3.63) is 35.9 Å². The molecule has 0 aliphatic rings. The van der Waals surface area contributed by atoms with Crippen LogP contribution >= 0.6 is 0 Å². The zero-order chi connectivity index (χ0) is 20.8. The maximum atomic E-state index is 12.9. The molecule has 0 N–H and O–H groups in total. The Kier molecular flexibility index (Phi) is 7.70. The number of benzene rings is 2. The Morgan fingerprint density at radius 1 is 0.857 bits per heavy atom. The number of hydrogen-bond acceptors (Lipinski definition) is 7. The molecule has 2 aromatic carbocycles. The van der Waals surface area contributed by atoms with Gasteiger partial charge in [0.05, 0.1) is 13.2 Å². The summed E-state index contributed by atoms with van der Waals surface area (Å²) in [4.78, 5) is 10.4. The topological polar surface area (TPSA) is 104 Å². The summed E-state index contributed by atoms with van der Waals surface area (Å²) in [5.74, 6) is 0. The highest BCUT2D eigenvalue weighted by Gasteiger charge is 2.33. The molecular weight excluding hydrogens is 404 g/mol. The van der Waals surface area contributed by atoms with E-state index < -0.39 is 30.0 Å². The number of rotatable bonds is 11. The minimum absolute atomic E-state index is 0.0886. The van der Waals surface area contributed by atoms with Crippen LogP contribution in [0.4, 0.5) is 0 Å². The highest BCUT2D eigenvalue weighted by molar-refractivity contribution is 7.90. The monoisotopic (exact) mass is 428 g/mol. The zero-order valence-electron chi connectivity index (χ0n) is 15.9. The summed E-state index contributed by atoms with van der Waals surface area (Å²) in [7, 11) is -8.96. The second kappa shape index (κ2) is 9.60. The third kappa shape index (κ3) is 4.96. The number of aldehydes is 1. The smallest absolute Gasteiger partial charge is 0.298 e. The first-order valence-electron chi connectivity index (χ1n) is 9.08. The summed E-state index contributed by atoms with van der Waals surface area (Å²) < 4.78 is 61.6. The van der Waals surface area contributed by atoms with Crippen molar-refractivity contribution < 1.29 is 30.0 Å². The van der Waals surface area contributed by atoms with Gasteiger partial charge >= 0.3 is 0 Å². The highest BCUT2D eigenvalue weighted by atomic mass is 32.2. The van der Waals surface area contributed by atoms with E-state index in [1.54, 1.807) is 18.2 Å². The molecule has 2 aromatic rings. The van der Waals surface area contributed by atoms with Crippen molar-refractivity contribution in [2.75, 3.05) is 13.2 Å². The molecule has 2 rings (SSSR count). The van der Waals surface area contributed by atoms with Crippen molar-refractivity contribution in [3.8, 4) is 0 Å². The second-order valence-corrected chi connectivity index (χ2v) is 9.33. The van der Waals surface area contributed by atoms with E-state index in [4.69, 9.17) is 8.37 Å². The summed E-state index contributed by atoms with van der Waals surface area (Å²) in [6.07, 6.45) is 2.67. The van der Waals surface area contributed by atoms with E-state index in [2.05, 4.69) is 0 Å². The quantitative estimate of drug-likeness (QED) is 0.305. The predicted octanol–water partition coefficient (Wildman–Crippen LogP) is 3.66. The molecule has 0 aliphatic carbocycles. The lowest BCUT2D eigenvalue weighted by atomic mass is 10.1. The fourth-order valence-electron chi connectivity index (χ4n) is 2.65. The standard InChI is InChI=1S/C19H24O7S2/c1-3-5-11-25-27(21,22)18-16(14-20)13-15-9-7-8-10-17(15)19(18)28(23,24)26-12-6-4-2/h7-10,13-14H,3-6,11-12H2,1-2H3. The average Bonchev–Trinajstić information content (AvgIpc) is 2.66. The van der Waals surface area contributed by atoms with Crippen LogP contribution in [0.3, 0.4) is 0 Å². The van der Waals surface area contributed by atoms with E-state index in [9.17, 15) is 21.6 Å². The van der Waals surface area contributed by atoms with Crippen molar-refractivity contribution in [2.24, 2.45) is 0 Å². The average molecular weight is 429 g/mol. The van der Waals surface area contributed by atoms with Crippen LogP contribution < -0.4 is 0 Å². The Hall–Kier alpha value is -1.81. The Balaban J connectivity index is 2.79. The third-order valence-corrected chi connectivity index (χ3v) is 7.03.